The zero-order valence-corrected chi connectivity index (χ0v) is 12.9. The average Bonchev–Trinajstić information content (AvgIpc) is 2.36. The Balaban J connectivity index is 2.09. The van der Waals surface area contributed by atoms with Crippen LogP contribution in [0.3, 0.4) is 0 Å². The molecule has 102 valence electrons. The van der Waals surface area contributed by atoms with Gasteiger partial charge < -0.3 is 14.8 Å². The maximum atomic E-state index is 6.09. The largest absolute Gasteiger partial charge is 0.382 e. The third-order valence-electron chi connectivity index (χ3n) is 2.40. The molecule has 0 spiro atoms. The van der Waals surface area contributed by atoms with Crippen LogP contribution < -0.4 is 5.32 Å². The second-order valence-corrected chi connectivity index (χ2v) is 5.19. The number of ether oxygens (including phenoxy) is 2. The van der Waals surface area contributed by atoms with E-state index in [0.29, 0.717) is 13.2 Å². The van der Waals surface area contributed by atoms with Crippen molar-refractivity contribution in [2.45, 2.75) is 13.0 Å². The topological polar surface area (TPSA) is 30.5 Å². The van der Waals surface area contributed by atoms with Crippen LogP contribution in [0.15, 0.2) is 22.7 Å². The van der Waals surface area contributed by atoms with Gasteiger partial charge in [0, 0.05) is 29.8 Å². The standard InChI is InChI=1S/C13H19BrClNO2/c1-17-7-8-18-6-2-5-16-10-11-9-12(14)3-4-13(11)15/h3-4,9,16H,2,5-8,10H2,1H3. The van der Waals surface area contributed by atoms with E-state index < -0.39 is 0 Å². The van der Waals surface area contributed by atoms with Crippen molar-refractivity contribution in [2.75, 3.05) is 33.5 Å². The van der Waals surface area contributed by atoms with E-state index in [9.17, 15) is 0 Å². The maximum Gasteiger partial charge on any atom is 0.0700 e. The van der Waals surface area contributed by atoms with E-state index in [0.717, 1.165) is 41.2 Å². The molecule has 0 saturated carbocycles. The van der Waals surface area contributed by atoms with E-state index in [-0.39, 0.29) is 0 Å². The lowest BCUT2D eigenvalue weighted by Gasteiger charge is -2.07. The van der Waals surface area contributed by atoms with Crippen molar-refractivity contribution in [3.63, 3.8) is 0 Å². The molecule has 0 aliphatic heterocycles. The van der Waals surface area contributed by atoms with Crippen LogP contribution in [0, 0.1) is 0 Å². The Kier molecular flexibility index (Phi) is 8.63. The maximum absolute atomic E-state index is 6.09. The highest BCUT2D eigenvalue weighted by Gasteiger charge is 2.00. The van der Waals surface area contributed by atoms with Gasteiger partial charge in [-0.3, -0.25) is 0 Å². The number of hydrogen-bond donors (Lipinski definition) is 1. The van der Waals surface area contributed by atoms with Crippen LogP contribution in [-0.2, 0) is 16.0 Å². The minimum atomic E-state index is 0.654. The lowest BCUT2D eigenvalue weighted by molar-refractivity contribution is 0.0695. The average molecular weight is 337 g/mol. The molecule has 1 aromatic rings. The van der Waals surface area contributed by atoms with Gasteiger partial charge in [-0.25, -0.2) is 0 Å². The van der Waals surface area contributed by atoms with Gasteiger partial charge in [0.2, 0.25) is 0 Å². The molecular weight excluding hydrogens is 318 g/mol. The monoisotopic (exact) mass is 335 g/mol. The highest BCUT2D eigenvalue weighted by atomic mass is 79.9. The highest BCUT2D eigenvalue weighted by molar-refractivity contribution is 9.10. The summed E-state index contributed by atoms with van der Waals surface area (Å²) in [5.74, 6) is 0. The van der Waals surface area contributed by atoms with Gasteiger partial charge in [-0.2, -0.15) is 0 Å². The Hall–Kier alpha value is -0.130. The summed E-state index contributed by atoms with van der Waals surface area (Å²) in [4.78, 5) is 0. The molecule has 0 unspecified atom stereocenters. The summed E-state index contributed by atoms with van der Waals surface area (Å²) in [6.07, 6.45) is 0.981. The van der Waals surface area contributed by atoms with Crippen LogP contribution in [0.2, 0.25) is 5.02 Å². The fourth-order valence-electron chi connectivity index (χ4n) is 1.45. The van der Waals surface area contributed by atoms with E-state index in [1.807, 2.05) is 18.2 Å². The predicted octanol–water partition coefficient (Wildman–Crippen LogP) is 3.25. The number of benzene rings is 1. The van der Waals surface area contributed by atoms with Gasteiger partial charge in [0.25, 0.3) is 0 Å². The molecule has 0 fully saturated rings. The van der Waals surface area contributed by atoms with Crippen LogP contribution >= 0.6 is 27.5 Å². The zero-order chi connectivity index (χ0) is 13.2. The lowest BCUT2D eigenvalue weighted by atomic mass is 10.2. The molecule has 0 radical (unpaired) electrons. The third-order valence-corrected chi connectivity index (χ3v) is 3.26. The molecule has 1 aromatic carbocycles. The first-order chi connectivity index (χ1) is 8.74. The van der Waals surface area contributed by atoms with Gasteiger partial charge >= 0.3 is 0 Å². The SMILES string of the molecule is COCCOCCCNCc1cc(Br)ccc1Cl. The van der Waals surface area contributed by atoms with Crippen molar-refractivity contribution in [2.24, 2.45) is 0 Å². The van der Waals surface area contributed by atoms with Gasteiger partial charge in [-0.1, -0.05) is 27.5 Å². The first-order valence-electron chi connectivity index (χ1n) is 5.95. The summed E-state index contributed by atoms with van der Waals surface area (Å²) in [7, 11) is 1.67. The number of nitrogens with one attached hydrogen (secondary N) is 1. The fraction of sp³-hybridized carbons (Fsp3) is 0.538. The van der Waals surface area contributed by atoms with Crippen molar-refractivity contribution in [1.29, 1.82) is 0 Å². The minimum Gasteiger partial charge on any atom is -0.382 e. The van der Waals surface area contributed by atoms with Gasteiger partial charge in [0.05, 0.1) is 13.2 Å². The molecule has 0 aliphatic rings. The number of hydrogen-bond acceptors (Lipinski definition) is 3. The van der Waals surface area contributed by atoms with Crippen LogP contribution in [0.5, 0.6) is 0 Å². The molecule has 1 rings (SSSR count). The fourth-order valence-corrected chi connectivity index (χ4v) is 2.04. The first-order valence-corrected chi connectivity index (χ1v) is 7.12. The summed E-state index contributed by atoms with van der Waals surface area (Å²) < 4.78 is 11.3. The Morgan fingerprint density at radius 3 is 2.89 bits per heavy atom. The Labute approximate surface area is 122 Å². The van der Waals surface area contributed by atoms with Crippen LogP contribution in [0.25, 0.3) is 0 Å². The van der Waals surface area contributed by atoms with Crippen molar-refractivity contribution in [3.05, 3.63) is 33.3 Å². The lowest BCUT2D eigenvalue weighted by Crippen LogP contribution is -2.17. The molecule has 0 atom stereocenters. The van der Waals surface area contributed by atoms with Gasteiger partial charge in [0.15, 0.2) is 0 Å². The summed E-state index contributed by atoms with van der Waals surface area (Å²) in [6, 6.07) is 5.87. The predicted molar refractivity (Wildman–Crippen MR) is 78.2 cm³/mol. The van der Waals surface area contributed by atoms with Crippen molar-refractivity contribution < 1.29 is 9.47 Å². The summed E-state index contributed by atoms with van der Waals surface area (Å²) in [5.41, 5.74) is 1.10. The quantitative estimate of drug-likeness (QED) is 0.702. The summed E-state index contributed by atoms with van der Waals surface area (Å²) in [6.45, 7) is 3.75. The normalized spacial score (nSPS) is 10.8. The molecule has 5 heteroatoms. The van der Waals surface area contributed by atoms with Crippen molar-refractivity contribution >= 4 is 27.5 Å². The molecule has 0 aliphatic carbocycles. The van der Waals surface area contributed by atoms with Gasteiger partial charge in [0.1, 0.15) is 0 Å². The Bertz CT molecular complexity index is 350. The number of rotatable bonds is 9. The molecule has 0 saturated heterocycles. The molecular formula is C13H19BrClNO2. The van der Waals surface area contributed by atoms with E-state index in [2.05, 4.69) is 21.2 Å². The molecule has 0 heterocycles. The third kappa shape index (κ3) is 6.71. The van der Waals surface area contributed by atoms with E-state index in [1.165, 1.54) is 0 Å². The number of methoxy groups -OCH3 is 1. The van der Waals surface area contributed by atoms with E-state index >= 15 is 0 Å². The zero-order valence-electron chi connectivity index (χ0n) is 10.5. The minimum absolute atomic E-state index is 0.654. The van der Waals surface area contributed by atoms with Gasteiger partial charge in [-0.15, -0.1) is 0 Å². The second kappa shape index (κ2) is 9.75. The molecule has 1 N–H and O–H groups in total. The van der Waals surface area contributed by atoms with E-state index in [4.69, 9.17) is 21.1 Å². The Morgan fingerprint density at radius 1 is 1.28 bits per heavy atom. The highest BCUT2D eigenvalue weighted by Crippen LogP contribution is 2.20. The van der Waals surface area contributed by atoms with Crippen molar-refractivity contribution in [1.82, 2.24) is 5.32 Å². The molecule has 0 amide bonds. The van der Waals surface area contributed by atoms with Crippen molar-refractivity contribution in [3.8, 4) is 0 Å². The van der Waals surface area contributed by atoms with Gasteiger partial charge in [-0.05, 0) is 36.7 Å². The molecule has 0 aromatic heterocycles. The first kappa shape index (κ1) is 15.9. The summed E-state index contributed by atoms with van der Waals surface area (Å²) >= 11 is 9.53. The Morgan fingerprint density at radius 2 is 2.11 bits per heavy atom. The number of halogens is 2. The second-order valence-electron chi connectivity index (χ2n) is 3.87. The van der Waals surface area contributed by atoms with E-state index in [1.54, 1.807) is 7.11 Å². The molecule has 3 nitrogen and oxygen atoms in total. The molecule has 18 heavy (non-hydrogen) atoms. The molecule has 0 bridgehead atoms. The van der Waals surface area contributed by atoms with Crippen LogP contribution in [0.1, 0.15) is 12.0 Å². The smallest absolute Gasteiger partial charge is 0.0700 e. The van der Waals surface area contributed by atoms with Crippen LogP contribution in [0.4, 0.5) is 0 Å². The van der Waals surface area contributed by atoms with Crippen LogP contribution in [-0.4, -0.2) is 33.5 Å². The summed E-state index contributed by atoms with van der Waals surface area (Å²) in [5, 5.41) is 4.14.